The van der Waals surface area contributed by atoms with Crippen LogP contribution in [0.4, 0.5) is 0 Å². The Labute approximate surface area is 206 Å². The molecule has 0 unspecified atom stereocenters. The van der Waals surface area contributed by atoms with Gasteiger partial charge < -0.3 is 0 Å². The average molecular weight is 499 g/mol. The van der Waals surface area contributed by atoms with Gasteiger partial charge >= 0.3 is 0 Å². The van der Waals surface area contributed by atoms with Gasteiger partial charge in [-0.15, -0.1) is 0 Å². The van der Waals surface area contributed by atoms with Crippen LogP contribution in [0.1, 0.15) is 22.3 Å². The third-order valence-corrected chi connectivity index (χ3v) is 6.19. The minimum atomic E-state index is 0.532. The van der Waals surface area contributed by atoms with E-state index >= 15 is 0 Å². The van der Waals surface area contributed by atoms with Crippen LogP contribution in [0.5, 0.6) is 0 Å². The Morgan fingerprint density at radius 2 is 1.09 bits per heavy atom. The van der Waals surface area contributed by atoms with E-state index in [1.807, 2.05) is 79.0 Å². The summed E-state index contributed by atoms with van der Waals surface area (Å²) in [6.07, 6.45) is 11.7. The highest BCUT2D eigenvalue weighted by Crippen LogP contribution is 2.25. The molecule has 6 heteroatoms. The second kappa shape index (κ2) is 10.3. The minimum absolute atomic E-state index is 0.532. The molecule has 32 heavy (non-hydrogen) atoms. The van der Waals surface area contributed by atoms with Gasteiger partial charge in [0.15, 0.2) is 6.20 Å². The van der Waals surface area contributed by atoms with Crippen LogP contribution in [0.25, 0.3) is 35.7 Å². The summed E-state index contributed by atoms with van der Waals surface area (Å²) in [5.41, 5.74) is 5.74. The molecule has 0 spiro atoms. The number of nitrogens with one attached hydrogen (secondary N) is 1. The van der Waals surface area contributed by atoms with Crippen molar-refractivity contribution in [1.82, 2.24) is 4.98 Å². The molecule has 0 aliphatic heterocycles. The van der Waals surface area contributed by atoms with E-state index in [0.29, 0.717) is 20.1 Å². The van der Waals surface area contributed by atoms with Crippen molar-refractivity contribution in [3.63, 3.8) is 0 Å². The summed E-state index contributed by atoms with van der Waals surface area (Å²) >= 11 is 24.2. The molecule has 0 fully saturated rings. The molecule has 2 aromatic heterocycles. The Balaban J connectivity index is 1.55. The molecule has 2 heterocycles. The smallest absolute Gasteiger partial charge is 0.230 e. The fourth-order valence-corrected chi connectivity index (χ4v) is 3.66. The topological polar surface area (TPSA) is 27.0 Å². The lowest BCUT2D eigenvalue weighted by molar-refractivity contribution is -0.364. The highest BCUT2D eigenvalue weighted by molar-refractivity contribution is 6.42. The maximum absolute atomic E-state index is 6.10. The first kappa shape index (κ1) is 22.6. The molecule has 0 aliphatic rings. The molecule has 4 rings (SSSR count). The quantitative estimate of drug-likeness (QED) is 0.271. The van der Waals surface area contributed by atoms with Crippen molar-refractivity contribution >= 4 is 70.7 Å². The van der Waals surface area contributed by atoms with Crippen LogP contribution in [0.2, 0.25) is 20.1 Å². The Hall–Kier alpha value is -2.62. The normalized spacial score (nSPS) is 11.5. The van der Waals surface area contributed by atoms with E-state index in [9.17, 15) is 0 Å². The first-order valence-corrected chi connectivity index (χ1v) is 11.2. The van der Waals surface area contributed by atoms with Gasteiger partial charge in [-0.2, -0.15) is 0 Å². The number of benzene rings is 2. The zero-order chi connectivity index (χ0) is 22.5. The fraction of sp³-hybridized carbons (Fsp3) is 0. The summed E-state index contributed by atoms with van der Waals surface area (Å²) in [6.45, 7) is 0. The summed E-state index contributed by atoms with van der Waals surface area (Å²) < 4.78 is 0. The number of aromatic amines is 1. The van der Waals surface area contributed by atoms with Crippen LogP contribution in [-0.2, 0) is 0 Å². The second-order valence-electron chi connectivity index (χ2n) is 7.02. The third-order valence-electron chi connectivity index (χ3n) is 4.71. The van der Waals surface area contributed by atoms with Crippen molar-refractivity contribution in [2.75, 3.05) is 0 Å². The van der Waals surface area contributed by atoms with Crippen LogP contribution < -0.4 is 4.98 Å². The van der Waals surface area contributed by atoms with Crippen LogP contribution in [0, 0.1) is 0 Å². The summed E-state index contributed by atoms with van der Waals surface area (Å²) in [7, 11) is 0. The molecule has 0 saturated heterocycles. The van der Waals surface area contributed by atoms with Crippen molar-refractivity contribution in [1.29, 1.82) is 0 Å². The number of rotatable bonds is 5. The molecule has 0 saturated carbocycles. The van der Waals surface area contributed by atoms with E-state index < -0.39 is 0 Å². The highest BCUT2D eigenvalue weighted by atomic mass is 35.5. The predicted octanol–water partition coefficient (Wildman–Crippen LogP) is 8.52. The van der Waals surface area contributed by atoms with E-state index in [0.717, 1.165) is 33.6 Å². The van der Waals surface area contributed by atoms with Gasteiger partial charge in [0.1, 0.15) is 5.69 Å². The molecule has 0 bridgehead atoms. The van der Waals surface area contributed by atoms with E-state index in [2.05, 4.69) is 9.97 Å². The number of H-pyrrole nitrogens is 1. The molecule has 0 radical (unpaired) electrons. The number of aromatic nitrogens is 2. The Morgan fingerprint density at radius 1 is 0.562 bits per heavy atom. The molecule has 0 aliphatic carbocycles. The van der Waals surface area contributed by atoms with Gasteiger partial charge in [-0.3, -0.25) is 0 Å². The minimum Gasteiger partial charge on any atom is -0.250 e. The van der Waals surface area contributed by atoms with Gasteiger partial charge in [0.25, 0.3) is 0 Å². The Bertz CT molecular complexity index is 1230. The number of nitrogens with zero attached hydrogens (tertiary/aromatic N) is 1. The van der Waals surface area contributed by atoms with Gasteiger partial charge in [-0.1, -0.05) is 82.8 Å². The summed E-state index contributed by atoms with van der Waals surface area (Å²) in [6, 6.07) is 19.1. The van der Waals surface area contributed by atoms with Crippen LogP contribution >= 0.6 is 46.4 Å². The van der Waals surface area contributed by atoms with Gasteiger partial charge in [0.2, 0.25) is 5.69 Å². The molecule has 4 aromatic rings. The SMILES string of the molecule is Clc1ccc(/C=C/c2ccnc(-c3cc(/C=C/c4ccc(Cl)c(Cl)c4)cc[nH+]3)c2)cc1Cl. The summed E-state index contributed by atoms with van der Waals surface area (Å²) in [5.74, 6) is 0. The standard InChI is InChI=1S/C26H16Cl4N2/c27-21-7-5-17(13-23(21)29)1-3-19-9-11-31-25(15-19)26-16-20(10-12-32-26)4-2-18-6-8-22(28)24(30)14-18/h1-16H/p+1/b3-1+,4-2+. The number of pyridine rings is 2. The van der Waals surface area contributed by atoms with Gasteiger partial charge in [-0.05, 0) is 58.7 Å². The molecule has 2 nitrogen and oxygen atoms in total. The maximum Gasteiger partial charge on any atom is 0.230 e. The van der Waals surface area contributed by atoms with E-state index in [1.165, 1.54) is 0 Å². The molecule has 0 atom stereocenters. The summed E-state index contributed by atoms with van der Waals surface area (Å²) in [5, 5.41) is 2.15. The number of hydrogen-bond acceptors (Lipinski definition) is 1. The lowest BCUT2D eigenvalue weighted by atomic mass is 10.1. The molecule has 0 amide bonds. The van der Waals surface area contributed by atoms with Crippen LogP contribution in [-0.4, -0.2) is 4.98 Å². The van der Waals surface area contributed by atoms with E-state index in [4.69, 9.17) is 46.4 Å². The molecular formula is C26H17Cl4N2+. The largest absolute Gasteiger partial charge is 0.250 e. The van der Waals surface area contributed by atoms with Crippen molar-refractivity contribution in [3.05, 3.63) is 115 Å². The van der Waals surface area contributed by atoms with Gasteiger partial charge in [0, 0.05) is 18.3 Å². The first-order chi connectivity index (χ1) is 15.5. The van der Waals surface area contributed by atoms with Crippen molar-refractivity contribution in [2.24, 2.45) is 0 Å². The van der Waals surface area contributed by atoms with Crippen molar-refractivity contribution in [2.45, 2.75) is 0 Å². The third kappa shape index (κ3) is 5.79. The van der Waals surface area contributed by atoms with Gasteiger partial charge in [-0.25, -0.2) is 9.97 Å². The van der Waals surface area contributed by atoms with Gasteiger partial charge in [0.05, 0.1) is 20.1 Å². The molecule has 1 N–H and O–H groups in total. The van der Waals surface area contributed by atoms with E-state index in [1.54, 1.807) is 18.3 Å². The summed E-state index contributed by atoms with van der Waals surface area (Å²) in [4.78, 5) is 7.77. The Kier molecular flexibility index (Phi) is 7.29. The number of halogens is 4. The average Bonchev–Trinajstić information content (AvgIpc) is 2.81. The second-order valence-corrected chi connectivity index (χ2v) is 8.65. The molecular weight excluding hydrogens is 482 g/mol. The first-order valence-electron chi connectivity index (χ1n) is 9.72. The molecule has 2 aromatic carbocycles. The van der Waals surface area contributed by atoms with Crippen LogP contribution in [0.15, 0.2) is 73.1 Å². The lowest BCUT2D eigenvalue weighted by Crippen LogP contribution is -2.06. The number of hydrogen-bond donors (Lipinski definition) is 0. The zero-order valence-electron chi connectivity index (χ0n) is 16.7. The predicted molar refractivity (Wildman–Crippen MR) is 137 cm³/mol. The fourth-order valence-electron chi connectivity index (χ4n) is 3.05. The van der Waals surface area contributed by atoms with E-state index in [-0.39, 0.29) is 0 Å². The lowest BCUT2D eigenvalue weighted by Gasteiger charge is -2.00. The maximum atomic E-state index is 6.10. The Morgan fingerprint density at radius 3 is 1.66 bits per heavy atom. The van der Waals surface area contributed by atoms with Crippen molar-refractivity contribution in [3.8, 4) is 11.4 Å². The molecule has 158 valence electrons. The highest BCUT2D eigenvalue weighted by Gasteiger charge is 2.08. The monoisotopic (exact) mass is 497 g/mol. The van der Waals surface area contributed by atoms with Crippen molar-refractivity contribution < 1.29 is 4.98 Å². The van der Waals surface area contributed by atoms with Crippen LogP contribution in [0.3, 0.4) is 0 Å². The zero-order valence-corrected chi connectivity index (χ0v) is 19.7.